The molecule has 0 bridgehead atoms. The molecular formula is C14H15N5O2. The Labute approximate surface area is 121 Å². The highest BCUT2D eigenvalue weighted by molar-refractivity contribution is 5.80. The third-order valence-corrected chi connectivity index (χ3v) is 3.18. The lowest BCUT2D eigenvalue weighted by molar-refractivity contribution is -0.0241. The predicted molar refractivity (Wildman–Crippen MR) is 77.1 cm³/mol. The molecular weight excluding hydrogens is 270 g/mol. The van der Waals surface area contributed by atoms with Gasteiger partial charge in [-0.2, -0.15) is 0 Å². The maximum absolute atomic E-state index is 9.47. The molecule has 0 unspecified atom stereocenters. The monoisotopic (exact) mass is 285 g/mol. The fourth-order valence-corrected chi connectivity index (χ4v) is 2.09. The zero-order valence-corrected chi connectivity index (χ0v) is 11.3. The summed E-state index contributed by atoms with van der Waals surface area (Å²) < 4.78 is 7.46. The first kappa shape index (κ1) is 13.5. The fraction of sp³-hybridized carbons (Fsp3) is 0.214. The van der Waals surface area contributed by atoms with Crippen LogP contribution >= 0.6 is 0 Å². The molecule has 1 aromatic carbocycles. The molecule has 0 saturated carbocycles. The number of nitrogens with zero attached hydrogens (tertiary/aromatic N) is 4. The van der Waals surface area contributed by atoms with Gasteiger partial charge >= 0.3 is 0 Å². The van der Waals surface area contributed by atoms with E-state index in [9.17, 15) is 5.11 Å². The molecule has 3 N–H and O–H groups in total. The van der Waals surface area contributed by atoms with E-state index in [1.807, 2.05) is 30.3 Å². The van der Waals surface area contributed by atoms with Crippen molar-refractivity contribution in [3.05, 3.63) is 48.5 Å². The smallest absolute Gasteiger partial charge is 0.167 e. The molecule has 1 atom stereocenters. The van der Waals surface area contributed by atoms with Crippen LogP contribution in [0.4, 0.5) is 5.82 Å². The molecule has 0 aliphatic rings. The van der Waals surface area contributed by atoms with Crippen molar-refractivity contribution in [3.8, 4) is 0 Å². The molecule has 0 saturated heterocycles. The van der Waals surface area contributed by atoms with E-state index in [1.54, 1.807) is 10.9 Å². The van der Waals surface area contributed by atoms with E-state index in [4.69, 9.17) is 10.5 Å². The zero-order valence-electron chi connectivity index (χ0n) is 11.3. The summed E-state index contributed by atoms with van der Waals surface area (Å²) in [5, 5.41) is 9.47. The minimum atomic E-state index is -0.400. The van der Waals surface area contributed by atoms with Crippen LogP contribution in [0.15, 0.2) is 43.0 Å². The first-order valence-electron chi connectivity index (χ1n) is 6.48. The van der Waals surface area contributed by atoms with E-state index < -0.39 is 6.10 Å². The van der Waals surface area contributed by atoms with Crippen LogP contribution < -0.4 is 5.73 Å². The van der Waals surface area contributed by atoms with Crippen LogP contribution in [0.3, 0.4) is 0 Å². The minimum Gasteiger partial charge on any atom is -0.393 e. The van der Waals surface area contributed by atoms with Crippen molar-refractivity contribution < 1.29 is 9.84 Å². The van der Waals surface area contributed by atoms with Crippen LogP contribution in [0.1, 0.15) is 11.7 Å². The van der Waals surface area contributed by atoms with E-state index in [2.05, 4.69) is 15.0 Å². The number of nitrogens with two attached hydrogens (primary N) is 1. The Bertz CT molecular complexity index is 729. The molecule has 0 fully saturated rings. The quantitative estimate of drug-likeness (QED) is 0.728. The number of aliphatic hydroxyl groups excluding tert-OH is 1. The first-order valence-corrected chi connectivity index (χ1v) is 6.48. The average molecular weight is 285 g/mol. The van der Waals surface area contributed by atoms with Crippen LogP contribution in [0.2, 0.25) is 0 Å². The third-order valence-electron chi connectivity index (χ3n) is 3.18. The summed E-state index contributed by atoms with van der Waals surface area (Å²) in [5.41, 5.74) is 7.80. The SMILES string of the molecule is Nc1ncnc2c1ncn2CO[C@@H](CO)c1ccccc1. The number of fused-ring (bicyclic) bond motifs is 1. The number of hydrogen-bond acceptors (Lipinski definition) is 6. The molecule has 2 heterocycles. The summed E-state index contributed by atoms with van der Waals surface area (Å²) in [6.07, 6.45) is 2.58. The number of hydrogen-bond donors (Lipinski definition) is 2. The van der Waals surface area contributed by atoms with Gasteiger partial charge in [-0.15, -0.1) is 0 Å². The number of ether oxygens (including phenoxy) is 1. The Morgan fingerprint density at radius 2 is 2.00 bits per heavy atom. The van der Waals surface area contributed by atoms with E-state index in [0.717, 1.165) is 5.56 Å². The van der Waals surface area contributed by atoms with Crippen molar-refractivity contribution >= 4 is 17.0 Å². The summed E-state index contributed by atoms with van der Waals surface area (Å²) in [4.78, 5) is 12.2. The summed E-state index contributed by atoms with van der Waals surface area (Å²) in [6.45, 7) is 0.112. The second-order valence-electron chi connectivity index (χ2n) is 4.52. The summed E-state index contributed by atoms with van der Waals surface area (Å²) in [6, 6.07) is 9.55. The summed E-state index contributed by atoms with van der Waals surface area (Å²) in [7, 11) is 0. The van der Waals surface area contributed by atoms with E-state index in [0.29, 0.717) is 17.0 Å². The van der Waals surface area contributed by atoms with Gasteiger partial charge in [-0.1, -0.05) is 30.3 Å². The van der Waals surface area contributed by atoms with E-state index in [1.165, 1.54) is 6.33 Å². The maximum Gasteiger partial charge on any atom is 0.167 e. The third kappa shape index (κ3) is 2.69. The summed E-state index contributed by atoms with van der Waals surface area (Å²) >= 11 is 0. The van der Waals surface area contributed by atoms with Crippen LogP contribution in [0.5, 0.6) is 0 Å². The number of nitrogen functional groups attached to an aromatic ring is 1. The molecule has 3 rings (SSSR count). The molecule has 0 aliphatic carbocycles. The zero-order chi connectivity index (χ0) is 14.7. The molecule has 0 radical (unpaired) electrons. The Morgan fingerprint density at radius 3 is 2.76 bits per heavy atom. The van der Waals surface area contributed by atoms with Gasteiger partial charge in [-0.25, -0.2) is 15.0 Å². The van der Waals surface area contributed by atoms with Crippen molar-refractivity contribution in [3.63, 3.8) is 0 Å². The van der Waals surface area contributed by atoms with Gasteiger partial charge in [0, 0.05) is 0 Å². The number of rotatable bonds is 5. The Morgan fingerprint density at radius 1 is 1.19 bits per heavy atom. The lowest BCUT2D eigenvalue weighted by atomic mass is 10.1. The van der Waals surface area contributed by atoms with Gasteiger partial charge in [0.2, 0.25) is 0 Å². The second kappa shape index (κ2) is 5.86. The van der Waals surface area contributed by atoms with Crippen LogP contribution in [0.25, 0.3) is 11.2 Å². The molecule has 0 aliphatic heterocycles. The Hall–Kier alpha value is -2.51. The topological polar surface area (TPSA) is 99.1 Å². The average Bonchev–Trinajstić information content (AvgIpc) is 2.94. The van der Waals surface area contributed by atoms with Gasteiger partial charge < -0.3 is 15.6 Å². The molecule has 7 heteroatoms. The van der Waals surface area contributed by atoms with Crippen molar-refractivity contribution in [1.29, 1.82) is 0 Å². The first-order chi connectivity index (χ1) is 10.3. The largest absolute Gasteiger partial charge is 0.393 e. The lowest BCUT2D eigenvalue weighted by Crippen LogP contribution is -2.12. The van der Waals surface area contributed by atoms with Crippen LogP contribution in [-0.2, 0) is 11.5 Å². The Balaban J connectivity index is 1.78. The van der Waals surface area contributed by atoms with Crippen molar-refractivity contribution in [2.24, 2.45) is 0 Å². The highest BCUT2D eigenvalue weighted by Gasteiger charge is 2.12. The van der Waals surface area contributed by atoms with Gasteiger partial charge in [0.05, 0.1) is 12.9 Å². The molecule has 7 nitrogen and oxygen atoms in total. The van der Waals surface area contributed by atoms with Crippen molar-refractivity contribution in [2.75, 3.05) is 12.3 Å². The standard InChI is InChI=1S/C14H15N5O2/c15-13-12-14(17-7-16-13)19(8-18-12)9-21-11(6-20)10-4-2-1-3-5-10/h1-5,7-8,11,20H,6,9H2,(H2,15,16,17)/t11-/m0/s1. The number of anilines is 1. The van der Waals surface area contributed by atoms with Crippen LogP contribution in [0, 0.1) is 0 Å². The fourth-order valence-electron chi connectivity index (χ4n) is 2.09. The number of imidazole rings is 1. The predicted octanol–water partition coefficient (Wildman–Crippen LogP) is 1.12. The van der Waals surface area contributed by atoms with Gasteiger partial charge in [0.25, 0.3) is 0 Å². The van der Waals surface area contributed by atoms with E-state index >= 15 is 0 Å². The normalized spacial score (nSPS) is 12.6. The molecule has 108 valence electrons. The van der Waals surface area contributed by atoms with Gasteiger partial charge in [0.15, 0.2) is 11.5 Å². The number of aliphatic hydroxyl groups is 1. The number of benzene rings is 1. The van der Waals surface area contributed by atoms with Gasteiger partial charge in [-0.3, -0.25) is 4.57 Å². The molecule has 0 spiro atoms. The molecule has 3 aromatic rings. The highest BCUT2D eigenvalue weighted by atomic mass is 16.5. The molecule has 21 heavy (non-hydrogen) atoms. The van der Waals surface area contributed by atoms with Crippen molar-refractivity contribution in [2.45, 2.75) is 12.8 Å². The number of aromatic nitrogens is 4. The van der Waals surface area contributed by atoms with Gasteiger partial charge in [-0.05, 0) is 5.56 Å². The summed E-state index contributed by atoms with van der Waals surface area (Å²) in [5.74, 6) is 0.334. The lowest BCUT2D eigenvalue weighted by Gasteiger charge is -2.16. The maximum atomic E-state index is 9.47. The second-order valence-corrected chi connectivity index (χ2v) is 4.52. The Kier molecular flexibility index (Phi) is 3.76. The van der Waals surface area contributed by atoms with Crippen molar-refractivity contribution in [1.82, 2.24) is 19.5 Å². The van der Waals surface area contributed by atoms with E-state index in [-0.39, 0.29) is 13.3 Å². The molecule has 2 aromatic heterocycles. The van der Waals surface area contributed by atoms with Gasteiger partial charge in [0.1, 0.15) is 24.7 Å². The van der Waals surface area contributed by atoms with Crippen LogP contribution in [-0.4, -0.2) is 31.2 Å². The molecule has 0 amide bonds. The minimum absolute atomic E-state index is 0.103. The highest BCUT2D eigenvalue weighted by Crippen LogP contribution is 2.19.